The normalized spacial score (nSPS) is 25.2. The fourth-order valence-electron chi connectivity index (χ4n) is 2.70. The van der Waals surface area contributed by atoms with Crippen molar-refractivity contribution < 1.29 is 4.79 Å². The van der Waals surface area contributed by atoms with Crippen LogP contribution in [-0.2, 0) is 0 Å². The molecular formula is C15H20BrN3OS. The highest BCUT2D eigenvalue weighted by atomic mass is 79.9. The number of amides is 1. The van der Waals surface area contributed by atoms with E-state index < -0.39 is 0 Å². The van der Waals surface area contributed by atoms with Crippen LogP contribution in [0.2, 0.25) is 0 Å². The first-order valence-electron chi connectivity index (χ1n) is 7.19. The molecule has 2 rings (SSSR count). The maximum Gasteiger partial charge on any atom is 0.259 e. The van der Waals surface area contributed by atoms with E-state index in [0.29, 0.717) is 28.6 Å². The van der Waals surface area contributed by atoms with Gasteiger partial charge in [-0.2, -0.15) is 0 Å². The topological polar surface area (TPSA) is 54.0 Å². The third-order valence-electron chi connectivity index (χ3n) is 4.22. The van der Waals surface area contributed by atoms with Crippen molar-refractivity contribution in [2.75, 3.05) is 0 Å². The number of halogens is 1. The molecule has 1 saturated carbocycles. The molecule has 6 heteroatoms. The lowest BCUT2D eigenvalue weighted by molar-refractivity contribution is 0.0975. The third kappa shape index (κ3) is 4.48. The lowest BCUT2D eigenvalue weighted by atomic mass is 9.78. The monoisotopic (exact) mass is 369 g/mol. The number of aromatic nitrogens is 1. The van der Waals surface area contributed by atoms with Gasteiger partial charge >= 0.3 is 0 Å². The highest BCUT2D eigenvalue weighted by Crippen LogP contribution is 2.29. The fraction of sp³-hybridized carbons (Fsp3) is 0.533. The first-order valence-corrected chi connectivity index (χ1v) is 8.40. The predicted molar refractivity (Wildman–Crippen MR) is 91.1 cm³/mol. The summed E-state index contributed by atoms with van der Waals surface area (Å²) in [5, 5.41) is 6.40. The summed E-state index contributed by atoms with van der Waals surface area (Å²) in [6.07, 6.45) is 6.73. The molecule has 1 aliphatic rings. The number of hydrogen-bond acceptors (Lipinski definition) is 3. The Balaban J connectivity index is 1.91. The molecule has 0 radical (unpaired) electrons. The van der Waals surface area contributed by atoms with Gasteiger partial charge in [-0.25, -0.2) is 0 Å². The van der Waals surface area contributed by atoms with E-state index in [1.165, 1.54) is 19.0 Å². The Bertz CT molecular complexity index is 537. The van der Waals surface area contributed by atoms with Crippen molar-refractivity contribution >= 4 is 39.2 Å². The van der Waals surface area contributed by atoms with Crippen molar-refractivity contribution in [3.05, 3.63) is 28.5 Å². The average molecular weight is 370 g/mol. The molecule has 3 atom stereocenters. The number of carbonyl (C=O) groups is 1. The Kier molecular flexibility index (Phi) is 5.70. The van der Waals surface area contributed by atoms with Gasteiger partial charge in [-0.15, -0.1) is 0 Å². The molecule has 0 aromatic carbocycles. The summed E-state index contributed by atoms with van der Waals surface area (Å²) in [4.78, 5) is 16.1. The SMILES string of the molecule is C[C@H]1[C@@H](NC(=S)NC(=O)c2cncc(Br)c2)CCC[C@@H]1C. The molecule has 2 N–H and O–H groups in total. The second-order valence-electron chi connectivity index (χ2n) is 5.69. The van der Waals surface area contributed by atoms with Crippen molar-refractivity contribution in [2.24, 2.45) is 11.8 Å². The molecule has 0 spiro atoms. The minimum absolute atomic E-state index is 0.238. The van der Waals surface area contributed by atoms with E-state index in [2.05, 4.69) is 45.4 Å². The molecule has 1 aromatic heterocycles. The number of thiocarbonyl (C=S) groups is 1. The average Bonchev–Trinajstić information content (AvgIpc) is 2.44. The van der Waals surface area contributed by atoms with Gasteiger partial charge in [0.25, 0.3) is 5.91 Å². The summed E-state index contributed by atoms with van der Waals surface area (Å²) in [6.45, 7) is 4.51. The molecule has 4 nitrogen and oxygen atoms in total. The summed E-state index contributed by atoms with van der Waals surface area (Å²) in [5.74, 6) is 1.00. The van der Waals surface area contributed by atoms with Gasteiger partial charge in [0.15, 0.2) is 5.11 Å². The standard InChI is InChI=1S/C15H20BrN3OS/c1-9-4-3-5-13(10(9)2)18-15(21)19-14(20)11-6-12(16)8-17-7-11/h6-10,13H,3-5H2,1-2H3,(H2,18,19,20,21)/t9-,10+,13-/m0/s1. The molecule has 1 heterocycles. The Hall–Kier alpha value is -1.01. The van der Waals surface area contributed by atoms with E-state index in [0.717, 1.165) is 10.9 Å². The molecule has 21 heavy (non-hydrogen) atoms. The molecule has 0 aliphatic heterocycles. The van der Waals surface area contributed by atoms with E-state index in [1.54, 1.807) is 12.3 Å². The zero-order valence-corrected chi connectivity index (χ0v) is 14.6. The van der Waals surface area contributed by atoms with Crippen LogP contribution in [-0.4, -0.2) is 22.0 Å². The molecule has 1 aliphatic carbocycles. The minimum atomic E-state index is -0.238. The maximum absolute atomic E-state index is 12.1. The van der Waals surface area contributed by atoms with Crippen LogP contribution >= 0.6 is 28.1 Å². The minimum Gasteiger partial charge on any atom is -0.359 e. The smallest absolute Gasteiger partial charge is 0.259 e. The highest BCUT2D eigenvalue weighted by molar-refractivity contribution is 9.10. The number of carbonyl (C=O) groups excluding carboxylic acids is 1. The van der Waals surface area contributed by atoms with Gasteiger partial charge in [-0.05, 0) is 52.5 Å². The summed E-state index contributed by atoms with van der Waals surface area (Å²) < 4.78 is 0.767. The summed E-state index contributed by atoms with van der Waals surface area (Å²) in [7, 11) is 0. The van der Waals surface area contributed by atoms with Crippen molar-refractivity contribution in [3.63, 3.8) is 0 Å². The molecular weight excluding hydrogens is 350 g/mol. The number of rotatable bonds is 2. The largest absolute Gasteiger partial charge is 0.359 e. The third-order valence-corrected chi connectivity index (χ3v) is 4.87. The van der Waals surface area contributed by atoms with Crippen molar-refractivity contribution in [1.82, 2.24) is 15.6 Å². The van der Waals surface area contributed by atoms with Crippen molar-refractivity contribution in [2.45, 2.75) is 39.2 Å². The van der Waals surface area contributed by atoms with Crippen LogP contribution in [0.25, 0.3) is 0 Å². The predicted octanol–water partition coefficient (Wildman–Crippen LogP) is 3.27. The zero-order chi connectivity index (χ0) is 15.4. The molecule has 1 aromatic rings. The second kappa shape index (κ2) is 7.31. The first kappa shape index (κ1) is 16.4. The second-order valence-corrected chi connectivity index (χ2v) is 7.02. The van der Waals surface area contributed by atoms with Crippen molar-refractivity contribution in [3.8, 4) is 0 Å². The van der Waals surface area contributed by atoms with Gasteiger partial charge in [0, 0.05) is 22.9 Å². The number of hydrogen-bond donors (Lipinski definition) is 2. The van der Waals surface area contributed by atoms with Crippen LogP contribution in [0.3, 0.4) is 0 Å². The Morgan fingerprint density at radius 1 is 1.38 bits per heavy atom. The molecule has 0 bridgehead atoms. The lowest BCUT2D eigenvalue weighted by Gasteiger charge is -2.35. The van der Waals surface area contributed by atoms with Crippen LogP contribution in [0.15, 0.2) is 22.9 Å². The van der Waals surface area contributed by atoms with E-state index in [-0.39, 0.29) is 5.91 Å². The Morgan fingerprint density at radius 3 is 2.86 bits per heavy atom. The van der Waals surface area contributed by atoms with Gasteiger partial charge in [0.05, 0.1) is 5.56 Å². The number of nitrogens with one attached hydrogen (secondary N) is 2. The molecule has 0 unspecified atom stereocenters. The van der Waals surface area contributed by atoms with Gasteiger partial charge in [0.2, 0.25) is 0 Å². The molecule has 1 fully saturated rings. The van der Waals surface area contributed by atoms with Gasteiger partial charge in [-0.3, -0.25) is 15.1 Å². The van der Waals surface area contributed by atoms with Crippen molar-refractivity contribution in [1.29, 1.82) is 0 Å². The van der Waals surface area contributed by atoms with Gasteiger partial charge in [0.1, 0.15) is 0 Å². The number of pyridine rings is 1. The van der Waals surface area contributed by atoms with E-state index in [1.807, 2.05) is 0 Å². The van der Waals surface area contributed by atoms with Crippen LogP contribution in [0.5, 0.6) is 0 Å². The van der Waals surface area contributed by atoms with Crippen LogP contribution in [0, 0.1) is 11.8 Å². The molecule has 1 amide bonds. The maximum atomic E-state index is 12.1. The van der Waals surface area contributed by atoms with Gasteiger partial charge < -0.3 is 5.32 Å². The Labute approximate surface area is 139 Å². The van der Waals surface area contributed by atoms with E-state index in [9.17, 15) is 4.79 Å². The summed E-state index contributed by atoms with van der Waals surface area (Å²) >= 11 is 8.56. The quantitative estimate of drug-likeness (QED) is 0.785. The molecule has 0 saturated heterocycles. The lowest BCUT2D eigenvalue weighted by Crippen LogP contribution is -2.49. The number of nitrogens with zero attached hydrogens (tertiary/aromatic N) is 1. The summed E-state index contributed by atoms with van der Waals surface area (Å²) in [6, 6.07) is 2.05. The first-order chi connectivity index (χ1) is 9.97. The van der Waals surface area contributed by atoms with Crippen LogP contribution < -0.4 is 10.6 Å². The Morgan fingerprint density at radius 2 is 2.14 bits per heavy atom. The molecule has 114 valence electrons. The fourth-order valence-corrected chi connectivity index (χ4v) is 3.31. The van der Waals surface area contributed by atoms with E-state index in [4.69, 9.17) is 12.2 Å². The highest BCUT2D eigenvalue weighted by Gasteiger charge is 2.27. The summed E-state index contributed by atoms with van der Waals surface area (Å²) in [5.41, 5.74) is 0.485. The van der Waals surface area contributed by atoms with Crippen LogP contribution in [0.1, 0.15) is 43.5 Å². The van der Waals surface area contributed by atoms with Gasteiger partial charge in [-0.1, -0.05) is 26.7 Å². The van der Waals surface area contributed by atoms with E-state index >= 15 is 0 Å². The zero-order valence-electron chi connectivity index (χ0n) is 12.2. The van der Waals surface area contributed by atoms with Crippen LogP contribution in [0.4, 0.5) is 0 Å².